The molecule has 1 aromatic carbocycles. The molecule has 24 heavy (non-hydrogen) atoms. The normalized spacial score (nSPS) is 10.6. The van der Waals surface area contributed by atoms with E-state index in [2.05, 4.69) is 10.3 Å². The third kappa shape index (κ3) is 4.02. The number of aryl methyl sites for hydroxylation is 2. The number of nitrogens with one attached hydrogen (secondary N) is 1. The van der Waals surface area contributed by atoms with E-state index in [9.17, 15) is 4.79 Å². The SMILES string of the molecule is Cc1ccc(OCc2occc2C(=O)NCc2nc(C)cs2)cc1. The fourth-order valence-corrected chi connectivity index (χ4v) is 2.88. The zero-order valence-corrected chi connectivity index (χ0v) is 14.4. The molecule has 6 heteroatoms. The summed E-state index contributed by atoms with van der Waals surface area (Å²) in [5, 5.41) is 5.69. The highest BCUT2D eigenvalue weighted by atomic mass is 32.1. The van der Waals surface area contributed by atoms with E-state index in [4.69, 9.17) is 9.15 Å². The smallest absolute Gasteiger partial charge is 0.255 e. The average Bonchev–Trinajstić information content (AvgIpc) is 3.21. The van der Waals surface area contributed by atoms with E-state index in [1.807, 2.05) is 43.5 Å². The van der Waals surface area contributed by atoms with Gasteiger partial charge in [-0.1, -0.05) is 17.7 Å². The van der Waals surface area contributed by atoms with Crippen LogP contribution >= 0.6 is 11.3 Å². The molecule has 5 nitrogen and oxygen atoms in total. The number of hydrogen-bond donors (Lipinski definition) is 1. The Hall–Kier alpha value is -2.60. The van der Waals surface area contributed by atoms with E-state index in [0.717, 1.165) is 22.0 Å². The lowest BCUT2D eigenvalue weighted by atomic mass is 10.2. The van der Waals surface area contributed by atoms with Crippen LogP contribution in [0, 0.1) is 13.8 Å². The van der Waals surface area contributed by atoms with E-state index >= 15 is 0 Å². The molecule has 0 fully saturated rings. The van der Waals surface area contributed by atoms with E-state index < -0.39 is 0 Å². The number of aromatic nitrogens is 1. The Labute approximate surface area is 144 Å². The lowest BCUT2D eigenvalue weighted by molar-refractivity contribution is 0.0946. The van der Waals surface area contributed by atoms with E-state index in [1.54, 1.807) is 6.07 Å². The van der Waals surface area contributed by atoms with E-state index in [0.29, 0.717) is 17.9 Å². The molecule has 0 saturated heterocycles. The van der Waals surface area contributed by atoms with Gasteiger partial charge >= 0.3 is 0 Å². The maximum Gasteiger partial charge on any atom is 0.255 e. The van der Waals surface area contributed by atoms with Crippen molar-refractivity contribution in [1.82, 2.24) is 10.3 Å². The van der Waals surface area contributed by atoms with Gasteiger partial charge in [0.25, 0.3) is 5.91 Å². The minimum atomic E-state index is -0.195. The number of furan rings is 1. The van der Waals surface area contributed by atoms with Gasteiger partial charge in [-0.2, -0.15) is 0 Å². The molecule has 0 atom stereocenters. The molecular formula is C18H18N2O3S. The highest BCUT2D eigenvalue weighted by Crippen LogP contribution is 2.17. The lowest BCUT2D eigenvalue weighted by Gasteiger charge is -2.07. The summed E-state index contributed by atoms with van der Waals surface area (Å²) in [5.41, 5.74) is 2.60. The van der Waals surface area contributed by atoms with Crippen molar-refractivity contribution in [3.63, 3.8) is 0 Å². The number of thiazole rings is 1. The van der Waals surface area contributed by atoms with E-state index in [-0.39, 0.29) is 12.5 Å². The maximum absolute atomic E-state index is 12.3. The summed E-state index contributed by atoms with van der Waals surface area (Å²) in [6.07, 6.45) is 1.50. The zero-order chi connectivity index (χ0) is 16.9. The number of carbonyl (C=O) groups excluding carboxylic acids is 1. The minimum Gasteiger partial charge on any atom is -0.486 e. The van der Waals surface area contributed by atoms with Crippen molar-refractivity contribution < 1.29 is 13.9 Å². The number of ether oxygens (including phenoxy) is 1. The highest BCUT2D eigenvalue weighted by molar-refractivity contribution is 7.09. The number of carbonyl (C=O) groups is 1. The predicted octanol–water partition coefficient (Wildman–Crippen LogP) is 3.86. The third-order valence-corrected chi connectivity index (χ3v) is 4.41. The van der Waals surface area contributed by atoms with Gasteiger partial charge in [-0.15, -0.1) is 11.3 Å². The van der Waals surface area contributed by atoms with Gasteiger partial charge in [0.2, 0.25) is 0 Å². The molecule has 0 unspecified atom stereocenters. The lowest BCUT2D eigenvalue weighted by Crippen LogP contribution is -2.23. The Balaban J connectivity index is 1.59. The van der Waals surface area contributed by atoms with Crippen LogP contribution < -0.4 is 10.1 Å². The van der Waals surface area contributed by atoms with Crippen molar-refractivity contribution in [3.8, 4) is 5.75 Å². The Morgan fingerprint density at radius 2 is 2.04 bits per heavy atom. The molecule has 3 rings (SSSR count). The van der Waals surface area contributed by atoms with Crippen molar-refractivity contribution in [2.75, 3.05) is 0 Å². The van der Waals surface area contributed by atoms with Crippen molar-refractivity contribution in [1.29, 1.82) is 0 Å². The summed E-state index contributed by atoms with van der Waals surface area (Å²) in [6, 6.07) is 9.38. The largest absolute Gasteiger partial charge is 0.486 e. The average molecular weight is 342 g/mol. The summed E-state index contributed by atoms with van der Waals surface area (Å²) in [7, 11) is 0. The summed E-state index contributed by atoms with van der Waals surface area (Å²) >= 11 is 1.53. The van der Waals surface area contributed by atoms with Gasteiger partial charge in [-0.25, -0.2) is 4.98 Å². The second-order valence-electron chi connectivity index (χ2n) is 5.42. The Morgan fingerprint density at radius 3 is 2.75 bits per heavy atom. The fourth-order valence-electron chi connectivity index (χ4n) is 2.17. The summed E-state index contributed by atoms with van der Waals surface area (Å²) in [4.78, 5) is 16.6. The van der Waals surface area contributed by atoms with Crippen LogP contribution in [0.4, 0.5) is 0 Å². The molecular weight excluding hydrogens is 324 g/mol. The third-order valence-electron chi connectivity index (χ3n) is 3.45. The summed E-state index contributed by atoms with van der Waals surface area (Å²) in [5.74, 6) is 1.05. The first-order valence-electron chi connectivity index (χ1n) is 7.57. The molecule has 0 aliphatic rings. The van der Waals surface area contributed by atoms with Crippen LogP contribution in [0.5, 0.6) is 5.75 Å². The molecule has 124 valence electrons. The Kier molecular flexibility index (Phi) is 4.96. The van der Waals surface area contributed by atoms with Crippen molar-refractivity contribution >= 4 is 17.2 Å². The van der Waals surface area contributed by atoms with E-state index in [1.165, 1.54) is 17.6 Å². The summed E-state index contributed by atoms with van der Waals surface area (Å²) in [6.45, 7) is 4.55. The predicted molar refractivity (Wildman–Crippen MR) is 92.2 cm³/mol. The quantitative estimate of drug-likeness (QED) is 0.739. The Morgan fingerprint density at radius 1 is 1.25 bits per heavy atom. The van der Waals surface area contributed by atoms with Crippen LogP contribution in [-0.2, 0) is 13.2 Å². The van der Waals surface area contributed by atoms with Crippen molar-refractivity contribution in [2.45, 2.75) is 27.0 Å². The molecule has 1 N–H and O–H groups in total. The van der Waals surface area contributed by atoms with Crippen molar-refractivity contribution in [2.24, 2.45) is 0 Å². The number of hydrogen-bond acceptors (Lipinski definition) is 5. The second kappa shape index (κ2) is 7.31. The second-order valence-corrected chi connectivity index (χ2v) is 6.37. The first-order chi connectivity index (χ1) is 11.6. The number of amides is 1. The van der Waals surface area contributed by atoms with Crippen LogP contribution in [0.25, 0.3) is 0 Å². The zero-order valence-electron chi connectivity index (χ0n) is 13.5. The topological polar surface area (TPSA) is 64.4 Å². The fraction of sp³-hybridized carbons (Fsp3) is 0.222. The molecule has 2 heterocycles. The van der Waals surface area contributed by atoms with Gasteiger partial charge in [0, 0.05) is 11.1 Å². The van der Waals surface area contributed by atoms with Crippen LogP contribution in [0.3, 0.4) is 0 Å². The molecule has 0 bridgehead atoms. The maximum atomic E-state index is 12.3. The first kappa shape index (κ1) is 16.3. The van der Waals surface area contributed by atoms with Crippen LogP contribution in [0.15, 0.2) is 46.4 Å². The molecule has 0 aliphatic carbocycles. The monoisotopic (exact) mass is 342 g/mol. The summed E-state index contributed by atoms with van der Waals surface area (Å²) < 4.78 is 11.1. The number of nitrogens with zero attached hydrogens (tertiary/aromatic N) is 1. The van der Waals surface area contributed by atoms with Crippen molar-refractivity contribution in [3.05, 3.63) is 69.6 Å². The van der Waals surface area contributed by atoms with Crippen LogP contribution in [0.1, 0.15) is 32.4 Å². The van der Waals surface area contributed by atoms with Crippen LogP contribution in [-0.4, -0.2) is 10.9 Å². The van der Waals surface area contributed by atoms with Gasteiger partial charge in [0.15, 0.2) is 5.76 Å². The number of benzene rings is 1. The number of rotatable bonds is 6. The molecule has 3 aromatic rings. The van der Waals surface area contributed by atoms with Gasteiger partial charge in [0.1, 0.15) is 17.4 Å². The standard InChI is InChI=1S/C18H18N2O3S/c1-12-3-5-14(6-4-12)23-10-16-15(7-8-22-16)18(21)19-9-17-20-13(2)11-24-17/h3-8,11H,9-10H2,1-2H3,(H,19,21). The molecule has 1 amide bonds. The van der Waals surface area contributed by atoms with Gasteiger partial charge in [0.05, 0.1) is 18.4 Å². The van der Waals surface area contributed by atoms with Gasteiger partial charge in [-0.3, -0.25) is 4.79 Å². The molecule has 0 aliphatic heterocycles. The highest BCUT2D eigenvalue weighted by Gasteiger charge is 2.15. The van der Waals surface area contributed by atoms with Crippen LogP contribution in [0.2, 0.25) is 0 Å². The molecule has 0 spiro atoms. The Bertz CT molecular complexity index is 821. The minimum absolute atomic E-state index is 0.195. The molecule has 0 saturated carbocycles. The van der Waals surface area contributed by atoms with Gasteiger partial charge in [-0.05, 0) is 32.0 Å². The first-order valence-corrected chi connectivity index (χ1v) is 8.45. The molecule has 0 radical (unpaired) electrons. The molecule has 2 aromatic heterocycles. The van der Waals surface area contributed by atoms with Gasteiger partial charge < -0.3 is 14.5 Å².